The van der Waals surface area contributed by atoms with Crippen LogP contribution in [0, 0.1) is 11.3 Å². The van der Waals surface area contributed by atoms with Crippen LogP contribution in [-0.2, 0) is 6.42 Å². The zero-order valence-corrected chi connectivity index (χ0v) is 11.0. The summed E-state index contributed by atoms with van der Waals surface area (Å²) in [6.07, 6.45) is 1.50. The van der Waals surface area contributed by atoms with Gasteiger partial charge < -0.3 is 9.84 Å². The average Bonchev–Trinajstić information content (AvgIpc) is 2.43. The molecule has 6 heteroatoms. The number of nitriles is 1. The molecule has 0 fully saturated rings. The topological polar surface area (TPSA) is 83.2 Å². The second-order valence-corrected chi connectivity index (χ2v) is 4.30. The van der Waals surface area contributed by atoms with Crippen LogP contribution in [0.3, 0.4) is 0 Å². The van der Waals surface area contributed by atoms with Crippen LogP contribution in [0.25, 0.3) is 0 Å². The Bertz CT molecular complexity index is 678. The van der Waals surface area contributed by atoms with Gasteiger partial charge in [-0.25, -0.2) is 9.78 Å². The van der Waals surface area contributed by atoms with Crippen molar-refractivity contribution in [3.05, 3.63) is 52.7 Å². The largest absolute Gasteiger partial charge is 0.478 e. The molecule has 0 amide bonds. The summed E-state index contributed by atoms with van der Waals surface area (Å²) in [7, 11) is 0. The summed E-state index contributed by atoms with van der Waals surface area (Å²) in [4.78, 5) is 14.6. The van der Waals surface area contributed by atoms with E-state index < -0.39 is 5.97 Å². The van der Waals surface area contributed by atoms with Crippen molar-refractivity contribution in [3.63, 3.8) is 0 Å². The number of ether oxygens (including phenoxy) is 1. The Kier molecular flexibility index (Phi) is 4.18. The maximum absolute atomic E-state index is 10.8. The first-order chi connectivity index (χ1) is 9.60. The van der Waals surface area contributed by atoms with Crippen LogP contribution < -0.4 is 4.74 Å². The van der Waals surface area contributed by atoms with Gasteiger partial charge in [0.25, 0.3) is 0 Å². The average molecular weight is 289 g/mol. The molecule has 1 N–H and O–H groups in total. The summed E-state index contributed by atoms with van der Waals surface area (Å²) >= 11 is 5.91. The standard InChI is InChI=1S/C14H9ClN2O3/c15-12-7-10(14(18)19)8-17-13(12)20-11-3-1-9(2-4-11)5-6-16/h1-4,7-8H,5H2,(H,18,19). The summed E-state index contributed by atoms with van der Waals surface area (Å²) in [5.41, 5.74) is 0.867. The van der Waals surface area contributed by atoms with Gasteiger partial charge in [0.2, 0.25) is 5.88 Å². The van der Waals surface area contributed by atoms with Gasteiger partial charge in [-0.2, -0.15) is 5.26 Å². The van der Waals surface area contributed by atoms with Crippen LogP contribution in [0.5, 0.6) is 11.6 Å². The van der Waals surface area contributed by atoms with E-state index in [9.17, 15) is 4.79 Å². The molecule has 2 rings (SSSR count). The van der Waals surface area contributed by atoms with Crippen molar-refractivity contribution in [1.82, 2.24) is 4.98 Å². The predicted molar refractivity (Wildman–Crippen MR) is 72.0 cm³/mol. The van der Waals surface area contributed by atoms with Crippen molar-refractivity contribution >= 4 is 17.6 Å². The van der Waals surface area contributed by atoms with Gasteiger partial charge >= 0.3 is 5.97 Å². The van der Waals surface area contributed by atoms with Crippen molar-refractivity contribution in [3.8, 4) is 17.7 Å². The molecule has 0 aliphatic carbocycles. The Morgan fingerprint density at radius 3 is 2.65 bits per heavy atom. The maximum atomic E-state index is 10.8. The lowest BCUT2D eigenvalue weighted by Gasteiger charge is -2.07. The SMILES string of the molecule is N#CCc1ccc(Oc2ncc(C(=O)O)cc2Cl)cc1. The van der Waals surface area contributed by atoms with Gasteiger partial charge in [-0.15, -0.1) is 0 Å². The molecule has 0 bridgehead atoms. The monoisotopic (exact) mass is 288 g/mol. The molecular weight excluding hydrogens is 280 g/mol. The Morgan fingerprint density at radius 1 is 1.40 bits per heavy atom. The van der Waals surface area contributed by atoms with Gasteiger partial charge in [-0.3, -0.25) is 0 Å². The molecule has 1 aromatic carbocycles. The third-order valence-electron chi connectivity index (χ3n) is 2.48. The van der Waals surface area contributed by atoms with Crippen molar-refractivity contribution in [1.29, 1.82) is 5.26 Å². The molecule has 0 aliphatic heterocycles. The predicted octanol–water partition coefficient (Wildman–Crippen LogP) is 3.29. The number of pyridine rings is 1. The van der Waals surface area contributed by atoms with E-state index in [4.69, 9.17) is 26.7 Å². The Labute approximate surface area is 120 Å². The number of nitrogens with zero attached hydrogens (tertiary/aromatic N) is 2. The Hall–Kier alpha value is -2.58. The van der Waals surface area contributed by atoms with Gasteiger partial charge in [-0.1, -0.05) is 23.7 Å². The quantitative estimate of drug-likeness (QED) is 0.933. The van der Waals surface area contributed by atoms with Crippen LogP contribution in [0.1, 0.15) is 15.9 Å². The number of hydrogen-bond donors (Lipinski definition) is 1. The van der Waals surface area contributed by atoms with Crippen LogP contribution in [-0.4, -0.2) is 16.1 Å². The second-order valence-electron chi connectivity index (χ2n) is 3.90. The molecule has 0 saturated carbocycles. The molecule has 0 aliphatic rings. The van der Waals surface area contributed by atoms with Crippen molar-refractivity contribution in [2.75, 3.05) is 0 Å². The molecule has 1 heterocycles. The minimum atomic E-state index is -1.10. The smallest absolute Gasteiger partial charge is 0.337 e. The Balaban J connectivity index is 2.17. The lowest BCUT2D eigenvalue weighted by atomic mass is 10.2. The van der Waals surface area contributed by atoms with E-state index in [2.05, 4.69) is 4.98 Å². The third kappa shape index (κ3) is 3.25. The second kappa shape index (κ2) is 6.04. The molecule has 0 saturated heterocycles. The minimum absolute atomic E-state index is 0.00767. The van der Waals surface area contributed by atoms with Crippen LogP contribution in [0.15, 0.2) is 36.5 Å². The van der Waals surface area contributed by atoms with E-state index in [-0.39, 0.29) is 16.5 Å². The molecule has 0 radical (unpaired) electrons. The van der Waals surface area contributed by atoms with Gasteiger partial charge in [-0.05, 0) is 23.8 Å². The molecular formula is C14H9ClN2O3. The summed E-state index contributed by atoms with van der Waals surface area (Å²) in [5, 5.41) is 17.5. The van der Waals surface area contributed by atoms with Crippen molar-refractivity contribution in [2.45, 2.75) is 6.42 Å². The molecule has 0 spiro atoms. The molecule has 2 aromatic rings. The van der Waals surface area contributed by atoms with Gasteiger partial charge in [0.05, 0.1) is 18.1 Å². The summed E-state index contributed by atoms with van der Waals surface area (Å²) in [6, 6.07) is 10.2. The maximum Gasteiger partial charge on any atom is 0.337 e. The zero-order chi connectivity index (χ0) is 14.5. The number of carbonyl (C=O) groups is 1. The Morgan fingerprint density at radius 2 is 2.10 bits per heavy atom. The summed E-state index contributed by atoms with van der Waals surface area (Å²) in [5.74, 6) is -0.472. The molecule has 1 aromatic heterocycles. The van der Waals surface area contributed by atoms with Crippen LogP contribution in [0.2, 0.25) is 5.02 Å². The molecule has 0 unspecified atom stereocenters. The minimum Gasteiger partial charge on any atom is -0.478 e. The molecule has 100 valence electrons. The van der Waals surface area contributed by atoms with Crippen molar-refractivity contribution < 1.29 is 14.6 Å². The molecule has 20 heavy (non-hydrogen) atoms. The van der Waals surface area contributed by atoms with E-state index in [0.717, 1.165) is 5.56 Å². The highest BCUT2D eigenvalue weighted by molar-refractivity contribution is 6.32. The van der Waals surface area contributed by atoms with E-state index >= 15 is 0 Å². The lowest BCUT2D eigenvalue weighted by Crippen LogP contribution is -1.98. The van der Waals surface area contributed by atoms with Gasteiger partial charge in [0.1, 0.15) is 10.8 Å². The number of carboxylic acids is 1. The highest BCUT2D eigenvalue weighted by atomic mass is 35.5. The van der Waals surface area contributed by atoms with Gasteiger partial charge in [0.15, 0.2) is 0 Å². The number of aromatic carboxylic acids is 1. The number of halogens is 1. The van der Waals surface area contributed by atoms with E-state index in [1.165, 1.54) is 12.3 Å². The number of carboxylic acid groups (broad SMARTS) is 1. The first-order valence-electron chi connectivity index (χ1n) is 5.62. The highest BCUT2D eigenvalue weighted by Gasteiger charge is 2.10. The normalized spacial score (nSPS) is 9.80. The zero-order valence-electron chi connectivity index (χ0n) is 10.2. The highest BCUT2D eigenvalue weighted by Crippen LogP contribution is 2.27. The number of hydrogen-bond acceptors (Lipinski definition) is 4. The first kappa shape index (κ1) is 13.8. The van der Waals surface area contributed by atoms with Gasteiger partial charge in [0, 0.05) is 6.20 Å². The fourth-order valence-corrected chi connectivity index (χ4v) is 1.70. The fraction of sp³-hybridized carbons (Fsp3) is 0.0714. The lowest BCUT2D eigenvalue weighted by molar-refractivity contribution is 0.0696. The van der Waals surface area contributed by atoms with Crippen LogP contribution >= 0.6 is 11.6 Å². The first-order valence-corrected chi connectivity index (χ1v) is 6.00. The summed E-state index contributed by atoms with van der Waals surface area (Å²) in [6.45, 7) is 0. The van der Waals surface area contributed by atoms with E-state index in [1.807, 2.05) is 6.07 Å². The third-order valence-corrected chi connectivity index (χ3v) is 2.75. The summed E-state index contributed by atoms with van der Waals surface area (Å²) < 4.78 is 5.46. The van der Waals surface area contributed by atoms with E-state index in [0.29, 0.717) is 12.2 Å². The molecule has 0 atom stereocenters. The fourth-order valence-electron chi connectivity index (χ4n) is 1.50. The number of benzene rings is 1. The van der Waals surface area contributed by atoms with Crippen LogP contribution in [0.4, 0.5) is 0 Å². The molecule has 5 nitrogen and oxygen atoms in total. The number of aromatic nitrogens is 1. The van der Waals surface area contributed by atoms with Crippen molar-refractivity contribution in [2.24, 2.45) is 0 Å². The van der Waals surface area contributed by atoms with E-state index in [1.54, 1.807) is 24.3 Å². The number of rotatable bonds is 4.